The molecule has 2 aromatic carbocycles. The Labute approximate surface area is 166 Å². The Morgan fingerprint density at radius 2 is 1.69 bits per heavy atom. The topological polar surface area (TPSA) is 93.1 Å². The summed E-state index contributed by atoms with van der Waals surface area (Å²) in [6.45, 7) is 1.79. The van der Waals surface area contributed by atoms with Crippen molar-refractivity contribution >= 4 is 17.5 Å². The van der Waals surface area contributed by atoms with Crippen molar-refractivity contribution in [1.29, 1.82) is 0 Å². The van der Waals surface area contributed by atoms with E-state index in [0.717, 1.165) is 0 Å². The molecule has 0 aliphatic heterocycles. The average molecular weight is 394 g/mol. The summed E-state index contributed by atoms with van der Waals surface area (Å²) < 4.78 is 14.3. The third-order valence-corrected chi connectivity index (χ3v) is 4.08. The Bertz CT molecular complexity index is 1080. The highest BCUT2D eigenvalue weighted by Gasteiger charge is 2.07. The lowest BCUT2D eigenvalue weighted by molar-refractivity contribution is -0.114. The van der Waals surface area contributed by atoms with Crippen molar-refractivity contribution in [2.45, 2.75) is 13.5 Å². The van der Waals surface area contributed by atoms with E-state index in [2.05, 4.69) is 15.7 Å². The van der Waals surface area contributed by atoms with Crippen molar-refractivity contribution in [2.75, 3.05) is 11.9 Å². The van der Waals surface area contributed by atoms with Gasteiger partial charge >= 0.3 is 0 Å². The molecule has 8 heteroatoms. The van der Waals surface area contributed by atoms with E-state index in [1.165, 1.54) is 29.8 Å². The molecule has 0 fully saturated rings. The molecule has 0 radical (unpaired) electrons. The van der Waals surface area contributed by atoms with Crippen LogP contribution in [-0.2, 0) is 11.3 Å². The minimum Gasteiger partial charge on any atom is -0.350 e. The maximum Gasteiger partial charge on any atom is 0.266 e. The molecule has 2 amide bonds. The van der Waals surface area contributed by atoms with Gasteiger partial charge in [0.05, 0.1) is 12.2 Å². The molecule has 3 rings (SSSR count). The monoisotopic (exact) mass is 394 g/mol. The van der Waals surface area contributed by atoms with Crippen LogP contribution in [0.3, 0.4) is 0 Å². The lowest BCUT2D eigenvalue weighted by Gasteiger charge is -2.09. The van der Waals surface area contributed by atoms with Gasteiger partial charge in [-0.3, -0.25) is 14.4 Å². The van der Waals surface area contributed by atoms with Crippen LogP contribution in [-0.4, -0.2) is 28.1 Å². The molecule has 0 aliphatic rings. The summed E-state index contributed by atoms with van der Waals surface area (Å²) in [5, 5.41) is 9.62. The number of aromatic nitrogens is 2. The van der Waals surface area contributed by atoms with Crippen LogP contribution in [0.15, 0.2) is 65.5 Å². The van der Waals surface area contributed by atoms with Crippen LogP contribution in [0, 0.1) is 5.82 Å². The first kappa shape index (κ1) is 19.9. The molecule has 0 aliphatic carbocycles. The highest BCUT2D eigenvalue weighted by Crippen LogP contribution is 2.15. The Morgan fingerprint density at radius 3 is 2.34 bits per heavy atom. The van der Waals surface area contributed by atoms with Gasteiger partial charge in [-0.05, 0) is 54.6 Å². The molecule has 0 bridgehead atoms. The second-order valence-corrected chi connectivity index (χ2v) is 6.30. The van der Waals surface area contributed by atoms with Crippen LogP contribution >= 0.6 is 0 Å². The first-order valence-corrected chi connectivity index (χ1v) is 8.92. The van der Waals surface area contributed by atoms with Gasteiger partial charge < -0.3 is 10.6 Å². The number of nitrogens with one attached hydrogen (secondary N) is 2. The van der Waals surface area contributed by atoms with Crippen molar-refractivity contribution in [3.05, 3.63) is 82.4 Å². The Morgan fingerprint density at radius 1 is 1.00 bits per heavy atom. The third-order valence-electron chi connectivity index (χ3n) is 4.08. The molecule has 2 N–H and O–H groups in total. The van der Waals surface area contributed by atoms with Crippen LogP contribution < -0.4 is 16.2 Å². The number of hydrogen-bond donors (Lipinski definition) is 2. The fourth-order valence-electron chi connectivity index (χ4n) is 2.67. The molecular formula is C21H19FN4O3. The van der Waals surface area contributed by atoms with E-state index in [4.69, 9.17) is 0 Å². The zero-order valence-electron chi connectivity index (χ0n) is 15.7. The van der Waals surface area contributed by atoms with E-state index in [9.17, 15) is 18.8 Å². The van der Waals surface area contributed by atoms with E-state index in [0.29, 0.717) is 22.5 Å². The molecule has 1 heterocycles. The normalized spacial score (nSPS) is 10.4. The highest BCUT2D eigenvalue weighted by atomic mass is 19.1. The van der Waals surface area contributed by atoms with Crippen molar-refractivity contribution < 1.29 is 14.0 Å². The van der Waals surface area contributed by atoms with E-state index in [-0.39, 0.29) is 36.3 Å². The minimum absolute atomic E-state index is 0.184. The summed E-state index contributed by atoms with van der Waals surface area (Å²) in [5.74, 6) is -0.847. The molecule has 0 unspecified atom stereocenters. The molecule has 0 saturated heterocycles. The maximum atomic E-state index is 13.1. The fraction of sp³-hybridized carbons (Fsp3) is 0.143. The van der Waals surface area contributed by atoms with E-state index >= 15 is 0 Å². The second-order valence-electron chi connectivity index (χ2n) is 6.30. The Hall–Kier alpha value is -3.81. The standard InChI is InChI=1S/C21H19FN4O3/c1-14(27)24-18-8-4-16(5-9-18)21(29)23-12-13-26-20(28)11-10-19(25-26)15-2-6-17(22)7-3-15/h2-11H,12-13H2,1H3,(H,23,29)(H,24,27). The summed E-state index contributed by atoms with van der Waals surface area (Å²) in [4.78, 5) is 35.3. The van der Waals surface area contributed by atoms with Gasteiger partial charge in [0, 0.05) is 36.3 Å². The quantitative estimate of drug-likeness (QED) is 0.672. The second kappa shape index (κ2) is 8.92. The summed E-state index contributed by atoms with van der Waals surface area (Å²) in [7, 11) is 0. The minimum atomic E-state index is -0.352. The van der Waals surface area contributed by atoms with Gasteiger partial charge in [0.25, 0.3) is 11.5 Å². The number of nitrogens with zero attached hydrogens (tertiary/aromatic N) is 2. The highest BCUT2D eigenvalue weighted by molar-refractivity contribution is 5.95. The number of carbonyl (C=O) groups is 2. The smallest absolute Gasteiger partial charge is 0.266 e. The van der Waals surface area contributed by atoms with E-state index in [1.807, 2.05) is 0 Å². The van der Waals surface area contributed by atoms with E-state index in [1.54, 1.807) is 42.5 Å². The Kier molecular flexibility index (Phi) is 6.13. The van der Waals surface area contributed by atoms with Gasteiger partial charge in [0.15, 0.2) is 0 Å². The first-order chi connectivity index (χ1) is 13.9. The molecule has 7 nitrogen and oxygen atoms in total. The number of amides is 2. The van der Waals surface area contributed by atoms with Gasteiger partial charge in [-0.2, -0.15) is 5.10 Å². The maximum absolute atomic E-state index is 13.1. The number of hydrogen-bond acceptors (Lipinski definition) is 4. The molecule has 0 spiro atoms. The van der Waals surface area contributed by atoms with Crippen LogP contribution in [0.2, 0.25) is 0 Å². The average Bonchev–Trinajstić information content (AvgIpc) is 2.70. The number of benzene rings is 2. The first-order valence-electron chi connectivity index (χ1n) is 8.92. The third kappa shape index (κ3) is 5.35. The SMILES string of the molecule is CC(=O)Nc1ccc(C(=O)NCCn2nc(-c3ccc(F)cc3)ccc2=O)cc1. The molecule has 148 valence electrons. The van der Waals surface area contributed by atoms with Gasteiger partial charge in [-0.1, -0.05) is 0 Å². The zero-order chi connectivity index (χ0) is 20.8. The van der Waals surface area contributed by atoms with Crippen molar-refractivity contribution in [3.63, 3.8) is 0 Å². The van der Waals surface area contributed by atoms with Crippen LogP contribution in [0.4, 0.5) is 10.1 Å². The molecule has 1 aromatic heterocycles. The number of halogens is 1. The number of rotatable bonds is 6. The number of carbonyl (C=O) groups excluding carboxylic acids is 2. The van der Waals surface area contributed by atoms with Crippen LogP contribution in [0.5, 0.6) is 0 Å². The summed E-state index contributed by atoms with van der Waals surface area (Å²) in [6.07, 6.45) is 0. The number of anilines is 1. The largest absolute Gasteiger partial charge is 0.350 e. The predicted molar refractivity (Wildman–Crippen MR) is 107 cm³/mol. The molecular weight excluding hydrogens is 375 g/mol. The lowest BCUT2D eigenvalue weighted by Crippen LogP contribution is -2.31. The molecule has 29 heavy (non-hydrogen) atoms. The summed E-state index contributed by atoms with van der Waals surface area (Å²) in [6, 6.07) is 15.2. The van der Waals surface area contributed by atoms with Crippen LogP contribution in [0.25, 0.3) is 11.3 Å². The van der Waals surface area contributed by atoms with Crippen molar-refractivity contribution in [2.24, 2.45) is 0 Å². The fourth-order valence-corrected chi connectivity index (χ4v) is 2.67. The predicted octanol–water partition coefficient (Wildman–Crippen LogP) is 2.44. The lowest BCUT2D eigenvalue weighted by atomic mass is 10.1. The van der Waals surface area contributed by atoms with Gasteiger partial charge in [-0.15, -0.1) is 0 Å². The van der Waals surface area contributed by atoms with Gasteiger partial charge in [0.2, 0.25) is 5.91 Å². The summed E-state index contributed by atoms with van der Waals surface area (Å²) >= 11 is 0. The van der Waals surface area contributed by atoms with Crippen LogP contribution in [0.1, 0.15) is 17.3 Å². The summed E-state index contributed by atoms with van der Waals surface area (Å²) in [5.41, 5.74) is 1.94. The Balaban J connectivity index is 1.62. The van der Waals surface area contributed by atoms with Gasteiger partial charge in [-0.25, -0.2) is 9.07 Å². The van der Waals surface area contributed by atoms with Gasteiger partial charge in [0.1, 0.15) is 5.82 Å². The molecule has 0 saturated carbocycles. The molecule has 0 atom stereocenters. The van der Waals surface area contributed by atoms with Crippen molar-refractivity contribution in [1.82, 2.24) is 15.1 Å². The van der Waals surface area contributed by atoms with Crippen molar-refractivity contribution in [3.8, 4) is 11.3 Å². The zero-order valence-corrected chi connectivity index (χ0v) is 15.7. The molecule has 3 aromatic rings. The van der Waals surface area contributed by atoms with E-state index < -0.39 is 0 Å².